The summed E-state index contributed by atoms with van der Waals surface area (Å²) in [5.74, 6) is -1.06. The molecule has 1 aliphatic heterocycles. The summed E-state index contributed by atoms with van der Waals surface area (Å²) in [4.78, 5) is 37.7. The molecule has 0 spiro atoms. The van der Waals surface area contributed by atoms with Crippen molar-refractivity contribution in [3.05, 3.63) is 107 Å². The Morgan fingerprint density at radius 3 is 2.16 bits per heavy atom. The zero-order valence-electron chi connectivity index (χ0n) is 16.8. The Morgan fingerprint density at radius 1 is 0.774 bits per heavy atom. The lowest BCUT2D eigenvalue weighted by molar-refractivity contribution is -0.136. The first-order valence-corrected chi connectivity index (χ1v) is 10.1. The number of esters is 1. The molecule has 1 fully saturated rings. The molecule has 0 aromatic heterocycles. The number of rotatable bonds is 6. The molecule has 31 heavy (non-hydrogen) atoms. The normalized spacial score (nSPS) is 18.1. The average molecular weight is 414 g/mol. The van der Waals surface area contributed by atoms with E-state index in [1.54, 1.807) is 24.3 Å². The molecule has 0 radical (unpaired) electrons. The minimum Gasteiger partial charge on any atom is -0.457 e. The molecule has 3 aromatic rings. The van der Waals surface area contributed by atoms with Gasteiger partial charge in [-0.1, -0.05) is 72.8 Å². The molecule has 0 aliphatic carbocycles. The Balaban J connectivity index is 1.42. The molecule has 2 amide bonds. The molecule has 156 valence electrons. The van der Waals surface area contributed by atoms with Crippen LogP contribution in [0, 0.1) is 0 Å². The van der Waals surface area contributed by atoms with Crippen LogP contribution in [-0.4, -0.2) is 23.8 Å². The maximum absolute atomic E-state index is 12.7. The molecule has 6 nitrogen and oxygen atoms in total. The third-order valence-electron chi connectivity index (χ3n) is 5.13. The Hall–Kier alpha value is -3.93. The van der Waals surface area contributed by atoms with Crippen molar-refractivity contribution in [1.82, 2.24) is 10.6 Å². The van der Waals surface area contributed by atoms with Crippen molar-refractivity contribution in [2.45, 2.75) is 25.1 Å². The summed E-state index contributed by atoms with van der Waals surface area (Å²) in [6.07, 6.45) is 0.414. The number of hydrogen-bond donors (Lipinski definition) is 2. The van der Waals surface area contributed by atoms with Crippen molar-refractivity contribution in [3.63, 3.8) is 0 Å². The lowest BCUT2D eigenvalue weighted by atomic mass is 9.97. The fourth-order valence-corrected chi connectivity index (χ4v) is 3.51. The maximum atomic E-state index is 12.7. The molecule has 2 N–H and O–H groups in total. The van der Waals surface area contributed by atoms with Crippen molar-refractivity contribution in [2.75, 3.05) is 0 Å². The number of amides is 2. The fourth-order valence-electron chi connectivity index (χ4n) is 3.51. The third-order valence-corrected chi connectivity index (χ3v) is 5.13. The van der Waals surface area contributed by atoms with Crippen molar-refractivity contribution in [3.8, 4) is 0 Å². The molecule has 0 bridgehead atoms. The number of carbonyl (C=O) groups excluding carboxylic acids is 3. The summed E-state index contributed by atoms with van der Waals surface area (Å²) < 4.78 is 5.36. The van der Waals surface area contributed by atoms with Crippen molar-refractivity contribution < 1.29 is 19.1 Å². The minimum atomic E-state index is -0.860. The van der Waals surface area contributed by atoms with Gasteiger partial charge in [-0.25, -0.2) is 4.79 Å². The third kappa shape index (κ3) is 4.98. The number of nitrogens with one attached hydrogen (secondary N) is 2. The topological polar surface area (TPSA) is 84.5 Å². The van der Waals surface area contributed by atoms with Crippen molar-refractivity contribution in [1.29, 1.82) is 0 Å². The average Bonchev–Trinajstić information content (AvgIpc) is 2.81. The van der Waals surface area contributed by atoms with Gasteiger partial charge >= 0.3 is 5.97 Å². The first kappa shape index (κ1) is 20.3. The number of hydrogen-bond acceptors (Lipinski definition) is 4. The molecule has 1 saturated heterocycles. The molecule has 2 unspecified atom stereocenters. The second kappa shape index (κ2) is 9.26. The Labute approximate surface area is 180 Å². The van der Waals surface area contributed by atoms with E-state index in [9.17, 15) is 14.4 Å². The van der Waals surface area contributed by atoms with Crippen LogP contribution in [0.1, 0.15) is 33.1 Å². The van der Waals surface area contributed by atoms with E-state index in [1.165, 1.54) is 0 Å². The van der Waals surface area contributed by atoms with E-state index in [2.05, 4.69) is 10.6 Å². The number of ether oxygens (including phenoxy) is 1. The van der Waals surface area contributed by atoms with Crippen molar-refractivity contribution >= 4 is 17.8 Å². The standard InChI is InChI=1S/C25H22N2O4/c28-23-21(14-17-8-3-1-4-9-17)26-24(29)22(27-23)19-12-7-13-20(15-19)25(30)31-16-18-10-5-2-6-11-18/h1-13,15,21-22H,14,16H2,(H,26,29)(H,27,28). The van der Waals surface area contributed by atoms with Crippen LogP contribution >= 0.6 is 0 Å². The highest BCUT2D eigenvalue weighted by molar-refractivity contribution is 5.98. The predicted octanol–water partition coefficient (Wildman–Crippen LogP) is 2.94. The summed E-state index contributed by atoms with van der Waals surface area (Å²) >= 11 is 0. The molecule has 1 heterocycles. The van der Waals surface area contributed by atoms with E-state index in [4.69, 9.17) is 4.74 Å². The molecular weight excluding hydrogens is 392 g/mol. The molecule has 1 aliphatic rings. The molecule has 0 saturated carbocycles. The number of piperazine rings is 1. The lowest BCUT2D eigenvalue weighted by Gasteiger charge is -2.30. The van der Waals surface area contributed by atoms with Crippen LogP contribution in [0.2, 0.25) is 0 Å². The van der Waals surface area contributed by atoms with E-state index in [0.29, 0.717) is 17.5 Å². The SMILES string of the molecule is O=C(OCc1ccccc1)c1cccc(C2NC(=O)C(Cc3ccccc3)NC2=O)c1. The first-order valence-electron chi connectivity index (χ1n) is 10.1. The summed E-state index contributed by atoms with van der Waals surface area (Å²) in [5.41, 5.74) is 2.69. The van der Waals surface area contributed by atoms with Gasteiger partial charge in [-0.2, -0.15) is 0 Å². The fraction of sp³-hybridized carbons (Fsp3) is 0.160. The van der Waals surface area contributed by atoms with E-state index >= 15 is 0 Å². The Morgan fingerprint density at radius 2 is 1.45 bits per heavy atom. The van der Waals surface area contributed by atoms with Gasteiger partial charge in [0.1, 0.15) is 18.7 Å². The van der Waals surface area contributed by atoms with Gasteiger partial charge < -0.3 is 15.4 Å². The molecule has 6 heteroatoms. The van der Waals surface area contributed by atoms with E-state index in [1.807, 2.05) is 60.7 Å². The predicted molar refractivity (Wildman–Crippen MR) is 115 cm³/mol. The van der Waals surface area contributed by atoms with Gasteiger partial charge in [-0.3, -0.25) is 9.59 Å². The number of benzene rings is 3. The number of carbonyl (C=O) groups is 3. The van der Waals surface area contributed by atoms with Crippen molar-refractivity contribution in [2.24, 2.45) is 0 Å². The van der Waals surface area contributed by atoms with Crippen LogP contribution in [0.15, 0.2) is 84.9 Å². The summed E-state index contributed by atoms with van der Waals surface area (Å²) in [6.45, 7) is 0.158. The maximum Gasteiger partial charge on any atom is 0.338 e. The zero-order valence-corrected chi connectivity index (χ0v) is 16.8. The van der Waals surface area contributed by atoms with Crippen LogP contribution in [0.25, 0.3) is 0 Å². The molecule has 3 aromatic carbocycles. The van der Waals surface area contributed by atoms with Crippen LogP contribution in [0.5, 0.6) is 0 Å². The highest BCUT2D eigenvalue weighted by Gasteiger charge is 2.34. The van der Waals surface area contributed by atoms with Gasteiger partial charge in [0.05, 0.1) is 5.56 Å². The van der Waals surface area contributed by atoms with Gasteiger partial charge in [-0.05, 0) is 28.8 Å². The van der Waals surface area contributed by atoms with Gasteiger partial charge in [0.15, 0.2) is 0 Å². The zero-order chi connectivity index (χ0) is 21.6. The van der Waals surface area contributed by atoms with Gasteiger partial charge in [0.2, 0.25) is 11.8 Å². The van der Waals surface area contributed by atoms with Crippen LogP contribution in [-0.2, 0) is 27.4 Å². The molecular formula is C25H22N2O4. The Bertz CT molecular complexity index is 1080. The van der Waals surface area contributed by atoms with Gasteiger partial charge in [-0.15, -0.1) is 0 Å². The smallest absolute Gasteiger partial charge is 0.338 e. The quantitative estimate of drug-likeness (QED) is 0.608. The summed E-state index contributed by atoms with van der Waals surface area (Å²) in [7, 11) is 0. The first-order chi connectivity index (χ1) is 15.1. The molecule has 2 atom stereocenters. The monoisotopic (exact) mass is 414 g/mol. The largest absolute Gasteiger partial charge is 0.457 e. The lowest BCUT2D eigenvalue weighted by Crippen LogP contribution is -2.58. The van der Waals surface area contributed by atoms with E-state index in [0.717, 1.165) is 11.1 Å². The molecule has 4 rings (SSSR count). The minimum absolute atomic E-state index is 0.158. The van der Waals surface area contributed by atoms with Crippen LogP contribution in [0.3, 0.4) is 0 Å². The second-order valence-corrected chi connectivity index (χ2v) is 7.38. The van der Waals surface area contributed by atoms with Crippen LogP contribution in [0.4, 0.5) is 0 Å². The van der Waals surface area contributed by atoms with Gasteiger partial charge in [0, 0.05) is 6.42 Å². The highest BCUT2D eigenvalue weighted by Crippen LogP contribution is 2.20. The summed E-state index contributed by atoms with van der Waals surface area (Å²) in [6, 6.07) is 24.0. The summed E-state index contributed by atoms with van der Waals surface area (Å²) in [5, 5.41) is 5.57. The highest BCUT2D eigenvalue weighted by atomic mass is 16.5. The van der Waals surface area contributed by atoms with E-state index in [-0.39, 0.29) is 18.4 Å². The van der Waals surface area contributed by atoms with Crippen LogP contribution < -0.4 is 10.6 Å². The van der Waals surface area contributed by atoms with Gasteiger partial charge in [0.25, 0.3) is 0 Å². The van der Waals surface area contributed by atoms with E-state index < -0.39 is 18.1 Å². The second-order valence-electron chi connectivity index (χ2n) is 7.38. The Kier molecular flexibility index (Phi) is 6.08.